The molecule has 1 saturated heterocycles. The van der Waals surface area contributed by atoms with Gasteiger partial charge in [-0.1, -0.05) is 12.2 Å². The molecule has 19 heavy (non-hydrogen) atoms. The van der Waals surface area contributed by atoms with Gasteiger partial charge in [-0.25, -0.2) is 8.42 Å². The topological polar surface area (TPSA) is 63.4 Å². The highest BCUT2D eigenvalue weighted by Crippen LogP contribution is 2.33. The van der Waals surface area contributed by atoms with E-state index in [-0.39, 0.29) is 5.92 Å². The van der Waals surface area contributed by atoms with Gasteiger partial charge in [0.1, 0.15) is 4.21 Å². The molecule has 0 atom stereocenters. The lowest BCUT2D eigenvalue weighted by atomic mass is 9.98. The largest absolute Gasteiger partial charge is 0.393 e. The van der Waals surface area contributed by atoms with Gasteiger partial charge in [0, 0.05) is 19.0 Å². The number of piperidine rings is 1. The van der Waals surface area contributed by atoms with Crippen molar-refractivity contribution in [2.45, 2.75) is 24.0 Å². The number of nitrogens with two attached hydrogens (primary N) is 1. The lowest BCUT2D eigenvalue weighted by molar-refractivity contribution is 0.317. The van der Waals surface area contributed by atoms with Gasteiger partial charge >= 0.3 is 0 Å². The lowest BCUT2D eigenvalue weighted by Crippen LogP contribution is -2.41. The van der Waals surface area contributed by atoms with E-state index in [0.29, 0.717) is 35.1 Å². The van der Waals surface area contributed by atoms with E-state index in [9.17, 15) is 8.42 Å². The average Bonchev–Trinajstić information content (AvgIpc) is 2.70. The van der Waals surface area contributed by atoms with Crippen LogP contribution in [0.15, 0.2) is 14.1 Å². The SMILES string of the molecule is Cc1cc(S(=O)(=O)N2CCC(C(N)=S)CC2)sc1Br. The Kier molecular flexibility index (Phi) is 4.67. The van der Waals surface area contributed by atoms with Crippen LogP contribution in [0.4, 0.5) is 0 Å². The van der Waals surface area contributed by atoms with Crippen molar-refractivity contribution < 1.29 is 8.42 Å². The first-order valence-electron chi connectivity index (χ1n) is 5.88. The number of hydrogen-bond donors (Lipinski definition) is 1. The first-order valence-corrected chi connectivity index (χ1v) is 9.33. The van der Waals surface area contributed by atoms with Crippen molar-refractivity contribution in [3.8, 4) is 0 Å². The van der Waals surface area contributed by atoms with Crippen LogP contribution in [0.3, 0.4) is 0 Å². The normalized spacial score (nSPS) is 18.6. The zero-order chi connectivity index (χ0) is 14.2. The highest BCUT2D eigenvalue weighted by molar-refractivity contribution is 9.11. The second-order valence-electron chi connectivity index (χ2n) is 4.60. The Labute approximate surface area is 131 Å². The fraction of sp³-hybridized carbons (Fsp3) is 0.545. The molecule has 0 spiro atoms. The molecule has 1 fully saturated rings. The smallest absolute Gasteiger partial charge is 0.252 e. The van der Waals surface area contributed by atoms with Crippen LogP contribution >= 0.6 is 39.5 Å². The molecule has 2 N–H and O–H groups in total. The number of nitrogens with zero attached hydrogens (tertiary/aromatic N) is 1. The van der Waals surface area contributed by atoms with Crippen molar-refractivity contribution >= 4 is 54.5 Å². The van der Waals surface area contributed by atoms with E-state index in [1.807, 2.05) is 6.92 Å². The minimum Gasteiger partial charge on any atom is -0.393 e. The minimum absolute atomic E-state index is 0.165. The van der Waals surface area contributed by atoms with E-state index in [2.05, 4.69) is 15.9 Å². The van der Waals surface area contributed by atoms with Crippen LogP contribution < -0.4 is 5.73 Å². The molecule has 4 nitrogen and oxygen atoms in total. The molecular weight excluding hydrogens is 368 g/mol. The Bertz CT molecular complexity index is 570. The molecule has 0 amide bonds. The van der Waals surface area contributed by atoms with Crippen LogP contribution in [-0.4, -0.2) is 30.8 Å². The van der Waals surface area contributed by atoms with Gasteiger partial charge in [0.15, 0.2) is 0 Å². The Morgan fingerprint density at radius 2 is 2.11 bits per heavy atom. The van der Waals surface area contributed by atoms with Crippen LogP contribution in [0.1, 0.15) is 18.4 Å². The number of halogens is 1. The molecule has 1 aromatic heterocycles. The first kappa shape index (κ1) is 15.4. The van der Waals surface area contributed by atoms with Crippen LogP contribution in [0.2, 0.25) is 0 Å². The van der Waals surface area contributed by atoms with Gasteiger partial charge in [0.05, 0.1) is 8.77 Å². The van der Waals surface area contributed by atoms with Gasteiger partial charge in [0.25, 0.3) is 10.0 Å². The quantitative estimate of drug-likeness (QED) is 0.815. The van der Waals surface area contributed by atoms with Crippen LogP contribution in [0.5, 0.6) is 0 Å². The summed E-state index contributed by atoms with van der Waals surface area (Å²) in [5.74, 6) is 0.165. The van der Waals surface area contributed by atoms with Crippen molar-refractivity contribution in [3.63, 3.8) is 0 Å². The first-order chi connectivity index (χ1) is 8.82. The van der Waals surface area contributed by atoms with Crippen LogP contribution in [-0.2, 0) is 10.0 Å². The van der Waals surface area contributed by atoms with Crippen molar-refractivity contribution in [1.82, 2.24) is 4.31 Å². The van der Waals surface area contributed by atoms with E-state index >= 15 is 0 Å². The lowest BCUT2D eigenvalue weighted by Gasteiger charge is -2.30. The molecule has 2 rings (SSSR count). The van der Waals surface area contributed by atoms with E-state index < -0.39 is 10.0 Å². The summed E-state index contributed by atoms with van der Waals surface area (Å²) in [6.07, 6.45) is 1.42. The third-order valence-corrected chi connectivity index (χ3v) is 8.10. The number of aryl methyl sites for hydroxylation is 1. The molecule has 0 unspecified atom stereocenters. The Morgan fingerprint density at radius 3 is 2.53 bits per heavy atom. The summed E-state index contributed by atoms with van der Waals surface area (Å²) in [4.78, 5) is 0.492. The molecular formula is C11H15BrN2O2S3. The standard InChI is InChI=1S/C11H15BrN2O2S3/c1-7-6-9(18-10(7)12)19(15,16)14-4-2-8(3-5-14)11(13)17/h6,8H,2-5H2,1H3,(H2,13,17). The van der Waals surface area contributed by atoms with Crippen molar-refractivity contribution in [2.75, 3.05) is 13.1 Å². The summed E-state index contributed by atoms with van der Waals surface area (Å²) in [7, 11) is -3.38. The van der Waals surface area contributed by atoms with Crippen molar-refractivity contribution in [1.29, 1.82) is 0 Å². The Hall–Kier alpha value is -0.0200. The highest BCUT2D eigenvalue weighted by atomic mass is 79.9. The Morgan fingerprint density at radius 1 is 1.53 bits per heavy atom. The van der Waals surface area contributed by atoms with Gasteiger partial charge in [0.2, 0.25) is 0 Å². The summed E-state index contributed by atoms with van der Waals surface area (Å²) in [5.41, 5.74) is 6.56. The molecule has 8 heteroatoms. The highest BCUT2D eigenvalue weighted by Gasteiger charge is 2.31. The van der Waals surface area contributed by atoms with E-state index in [0.717, 1.165) is 9.35 Å². The predicted molar refractivity (Wildman–Crippen MR) is 85.0 cm³/mol. The zero-order valence-corrected chi connectivity index (χ0v) is 14.5. The van der Waals surface area contributed by atoms with E-state index in [1.54, 1.807) is 6.07 Å². The van der Waals surface area contributed by atoms with Crippen LogP contribution in [0, 0.1) is 12.8 Å². The molecule has 0 bridgehead atoms. The van der Waals surface area contributed by atoms with Crippen LogP contribution in [0.25, 0.3) is 0 Å². The van der Waals surface area contributed by atoms with E-state index in [1.165, 1.54) is 15.6 Å². The number of sulfonamides is 1. The Balaban J connectivity index is 2.16. The molecule has 1 aliphatic heterocycles. The number of rotatable bonds is 3. The van der Waals surface area contributed by atoms with Gasteiger partial charge in [-0.15, -0.1) is 11.3 Å². The molecule has 0 radical (unpaired) electrons. The monoisotopic (exact) mass is 382 g/mol. The molecule has 1 aliphatic rings. The zero-order valence-electron chi connectivity index (χ0n) is 10.4. The van der Waals surface area contributed by atoms with Gasteiger partial charge in [-0.3, -0.25) is 0 Å². The maximum absolute atomic E-state index is 12.5. The molecule has 2 heterocycles. The third-order valence-electron chi connectivity index (χ3n) is 3.29. The molecule has 0 saturated carbocycles. The molecule has 0 aromatic carbocycles. The van der Waals surface area contributed by atoms with Gasteiger partial charge in [-0.2, -0.15) is 4.31 Å². The fourth-order valence-corrected chi connectivity index (χ4v) is 6.15. The van der Waals surface area contributed by atoms with E-state index in [4.69, 9.17) is 18.0 Å². The summed E-state index contributed by atoms with van der Waals surface area (Å²) >= 11 is 9.59. The number of thiophene rings is 1. The predicted octanol–water partition coefficient (Wildman–Crippen LogP) is 2.51. The summed E-state index contributed by atoms with van der Waals surface area (Å²) in [5, 5.41) is 0. The van der Waals surface area contributed by atoms with Gasteiger partial charge in [-0.05, 0) is 47.3 Å². The molecule has 1 aromatic rings. The summed E-state index contributed by atoms with van der Waals surface area (Å²) in [6.45, 7) is 2.86. The van der Waals surface area contributed by atoms with Crippen molar-refractivity contribution in [3.05, 3.63) is 15.4 Å². The maximum Gasteiger partial charge on any atom is 0.252 e. The fourth-order valence-electron chi connectivity index (χ4n) is 2.07. The summed E-state index contributed by atoms with van der Waals surface area (Å²) in [6, 6.07) is 1.71. The maximum atomic E-state index is 12.5. The van der Waals surface area contributed by atoms with Crippen molar-refractivity contribution in [2.24, 2.45) is 11.7 Å². The molecule has 106 valence electrons. The number of thiocarbonyl (C=S) groups is 1. The minimum atomic E-state index is -3.38. The second-order valence-corrected chi connectivity index (χ2v) is 9.61. The number of hydrogen-bond acceptors (Lipinski definition) is 4. The molecule has 0 aliphatic carbocycles. The summed E-state index contributed by atoms with van der Waals surface area (Å²) < 4.78 is 27.7. The second kappa shape index (κ2) is 5.77. The average molecular weight is 383 g/mol. The van der Waals surface area contributed by atoms with Gasteiger partial charge < -0.3 is 5.73 Å². The third kappa shape index (κ3) is 3.18.